The molecule has 1 heterocycles. The lowest BCUT2D eigenvalue weighted by atomic mass is 10.00. The zero-order valence-corrected chi connectivity index (χ0v) is 16.7. The number of aromatic nitrogens is 1. The van der Waals surface area contributed by atoms with Crippen molar-refractivity contribution in [2.24, 2.45) is 0 Å². The summed E-state index contributed by atoms with van der Waals surface area (Å²) in [7, 11) is 1.29. The number of esters is 1. The molecule has 0 bridgehead atoms. The summed E-state index contributed by atoms with van der Waals surface area (Å²) in [4.78, 5) is 15.6. The Morgan fingerprint density at radius 2 is 2.04 bits per heavy atom. The van der Waals surface area contributed by atoms with E-state index in [0.29, 0.717) is 22.8 Å². The second kappa shape index (κ2) is 9.37. The minimum Gasteiger partial charge on any atom is -0.485 e. The van der Waals surface area contributed by atoms with E-state index < -0.39 is 23.5 Å². The van der Waals surface area contributed by atoms with Crippen molar-refractivity contribution in [2.75, 3.05) is 7.11 Å². The lowest BCUT2D eigenvalue weighted by Crippen LogP contribution is -2.16. The second-order valence-corrected chi connectivity index (χ2v) is 8.13. The van der Waals surface area contributed by atoms with Crippen molar-refractivity contribution in [2.45, 2.75) is 55.4 Å². The average molecular weight is 407 g/mol. The first-order valence-corrected chi connectivity index (χ1v) is 10.2. The number of benzene rings is 1. The number of carbonyl (C=O) groups excluding carboxylic acids is 1. The molecule has 1 saturated carbocycles. The van der Waals surface area contributed by atoms with E-state index in [1.165, 1.54) is 25.7 Å². The van der Waals surface area contributed by atoms with Gasteiger partial charge in [-0.1, -0.05) is 12.5 Å². The van der Waals surface area contributed by atoms with Crippen LogP contribution >= 0.6 is 11.8 Å². The predicted molar refractivity (Wildman–Crippen MR) is 104 cm³/mol. The van der Waals surface area contributed by atoms with Gasteiger partial charge in [0.2, 0.25) is 0 Å². The normalized spacial score (nSPS) is 15.0. The van der Waals surface area contributed by atoms with Crippen LogP contribution in [0.15, 0.2) is 35.5 Å². The average Bonchev–Trinajstić information content (AvgIpc) is 2.65. The minimum atomic E-state index is -0.775. The summed E-state index contributed by atoms with van der Waals surface area (Å²) in [5.41, 5.74) is 1.14. The summed E-state index contributed by atoms with van der Waals surface area (Å²) in [6, 6.07) is 6.12. The van der Waals surface area contributed by atoms with Gasteiger partial charge in [-0.2, -0.15) is 0 Å². The van der Waals surface area contributed by atoms with Crippen LogP contribution in [0.25, 0.3) is 11.1 Å². The molecular weight excluding hydrogens is 384 g/mol. The molecule has 1 aromatic carbocycles. The Morgan fingerprint density at radius 3 is 2.64 bits per heavy atom. The molecule has 0 radical (unpaired) electrons. The SMILES string of the molecule is COC(=O)CC[C@@H](C)Oc1c(F)cc(-c2cccnc2SC2CCC2)cc1F. The molecule has 0 amide bonds. The molecule has 2 aromatic rings. The highest BCUT2D eigenvalue weighted by Crippen LogP contribution is 2.40. The fourth-order valence-electron chi connectivity index (χ4n) is 2.86. The number of carbonyl (C=O) groups is 1. The lowest BCUT2D eigenvalue weighted by molar-refractivity contribution is -0.141. The van der Waals surface area contributed by atoms with Gasteiger partial charge in [-0.3, -0.25) is 4.79 Å². The van der Waals surface area contributed by atoms with Gasteiger partial charge >= 0.3 is 5.97 Å². The van der Waals surface area contributed by atoms with E-state index in [-0.39, 0.29) is 12.4 Å². The maximum absolute atomic E-state index is 14.6. The molecule has 0 aliphatic heterocycles. The Morgan fingerprint density at radius 1 is 1.32 bits per heavy atom. The smallest absolute Gasteiger partial charge is 0.305 e. The number of thioether (sulfide) groups is 1. The molecule has 0 spiro atoms. The Balaban J connectivity index is 1.77. The number of halogens is 2. The number of nitrogens with zero attached hydrogens (tertiary/aromatic N) is 1. The maximum atomic E-state index is 14.6. The van der Waals surface area contributed by atoms with Gasteiger partial charge in [0.15, 0.2) is 17.4 Å². The Hall–Kier alpha value is -2.15. The number of ether oxygens (including phenoxy) is 2. The van der Waals surface area contributed by atoms with Crippen LogP contribution in [-0.4, -0.2) is 29.4 Å². The fourth-order valence-corrected chi connectivity index (χ4v) is 4.18. The molecule has 7 heteroatoms. The molecular formula is C21H23F2NO3S. The third-order valence-electron chi connectivity index (χ3n) is 4.71. The molecule has 0 N–H and O–H groups in total. The Kier molecular flexibility index (Phi) is 6.88. The minimum absolute atomic E-state index is 0.121. The molecule has 0 unspecified atom stereocenters. The largest absolute Gasteiger partial charge is 0.485 e. The molecule has 4 nitrogen and oxygen atoms in total. The van der Waals surface area contributed by atoms with Gasteiger partial charge in [0.1, 0.15) is 5.03 Å². The van der Waals surface area contributed by atoms with Gasteiger partial charge < -0.3 is 9.47 Å². The van der Waals surface area contributed by atoms with E-state index in [0.717, 1.165) is 17.9 Å². The molecule has 150 valence electrons. The van der Waals surface area contributed by atoms with E-state index in [1.807, 2.05) is 6.07 Å². The van der Waals surface area contributed by atoms with Crippen LogP contribution in [0.3, 0.4) is 0 Å². The highest BCUT2D eigenvalue weighted by atomic mass is 32.2. The Bertz CT molecular complexity index is 819. The second-order valence-electron chi connectivity index (χ2n) is 6.84. The summed E-state index contributed by atoms with van der Waals surface area (Å²) in [5.74, 6) is -2.37. The quantitative estimate of drug-likeness (QED) is 0.549. The summed E-state index contributed by atoms with van der Waals surface area (Å²) < 4.78 is 39.2. The van der Waals surface area contributed by atoms with Crippen molar-refractivity contribution >= 4 is 17.7 Å². The first kappa shape index (κ1) is 20.6. The molecule has 0 saturated heterocycles. The van der Waals surface area contributed by atoms with Gasteiger partial charge in [0.25, 0.3) is 0 Å². The van der Waals surface area contributed by atoms with E-state index in [1.54, 1.807) is 30.9 Å². The van der Waals surface area contributed by atoms with Crippen LogP contribution in [0.5, 0.6) is 5.75 Å². The van der Waals surface area contributed by atoms with E-state index >= 15 is 0 Å². The van der Waals surface area contributed by atoms with Gasteiger partial charge in [-0.25, -0.2) is 13.8 Å². The van der Waals surface area contributed by atoms with Crippen molar-refractivity contribution in [3.05, 3.63) is 42.1 Å². The first-order chi connectivity index (χ1) is 13.5. The van der Waals surface area contributed by atoms with E-state index in [2.05, 4.69) is 9.72 Å². The number of hydrogen-bond donors (Lipinski definition) is 0. The molecule has 3 rings (SSSR count). The standard InChI is InChI=1S/C21H23F2NO3S/c1-13(8-9-19(25)26-2)27-20-17(22)11-14(12-18(20)23)16-7-4-10-24-21(16)28-15-5-3-6-15/h4,7,10-13,15H,3,5-6,8-9H2,1-2H3/t13-/m1/s1. The third kappa shape index (κ3) is 5.01. The zero-order valence-electron chi connectivity index (χ0n) is 15.9. The molecule has 28 heavy (non-hydrogen) atoms. The topological polar surface area (TPSA) is 48.4 Å². The number of rotatable bonds is 8. The summed E-state index contributed by atoms with van der Waals surface area (Å²) >= 11 is 1.66. The summed E-state index contributed by atoms with van der Waals surface area (Å²) in [6.45, 7) is 1.66. The van der Waals surface area contributed by atoms with Crippen LogP contribution in [-0.2, 0) is 9.53 Å². The Labute approximate surface area is 167 Å². The van der Waals surface area contributed by atoms with Crippen molar-refractivity contribution < 1.29 is 23.0 Å². The number of hydrogen-bond acceptors (Lipinski definition) is 5. The van der Waals surface area contributed by atoms with Crippen molar-refractivity contribution in [3.8, 4) is 16.9 Å². The van der Waals surface area contributed by atoms with Crippen LogP contribution < -0.4 is 4.74 Å². The fraction of sp³-hybridized carbons (Fsp3) is 0.429. The number of pyridine rings is 1. The van der Waals surface area contributed by atoms with Crippen molar-refractivity contribution in [1.29, 1.82) is 0 Å². The molecule has 1 aliphatic rings. The van der Waals surface area contributed by atoms with Gasteiger partial charge in [-0.05, 0) is 49.9 Å². The molecule has 1 aromatic heterocycles. The highest BCUT2D eigenvalue weighted by Gasteiger charge is 2.22. The molecule has 1 fully saturated rings. The molecule has 1 atom stereocenters. The van der Waals surface area contributed by atoms with Crippen LogP contribution in [0.4, 0.5) is 8.78 Å². The summed E-state index contributed by atoms with van der Waals surface area (Å²) in [6.07, 6.45) is 5.08. The predicted octanol–water partition coefficient (Wildman–Crippen LogP) is 5.39. The monoisotopic (exact) mass is 407 g/mol. The lowest BCUT2D eigenvalue weighted by Gasteiger charge is -2.25. The van der Waals surface area contributed by atoms with Gasteiger partial charge in [0, 0.05) is 23.4 Å². The summed E-state index contributed by atoms with van der Waals surface area (Å²) in [5, 5.41) is 1.30. The first-order valence-electron chi connectivity index (χ1n) is 9.32. The maximum Gasteiger partial charge on any atom is 0.305 e. The van der Waals surface area contributed by atoms with Crippen LogP contribution in [0.1, 0.15) is 39.0 Å². The van der Waals surface area contributed by atoms with Gasteiger partial charge in [0.05, 0.1) is 13.2 Å². The highest BCUT2D eigenvalue weighted by molar-refractivity contribution is 8.00. The van der Waals surface area contributed by atoms with E-state index in [4.69, 9.17) is 4.74 Å². The van der Waals surface area contributed by atoms with E-state index in [9.17, 15) is 13.6 Å². The zero-order chi connectivity index (χ0) is 20.1. The van der Waals surface area contributed by atoms with Gasteiger partial charge in [-0.15, -0.1) is 11.8 Å². The van der Waals surface area contributed by atoms with Crippen LogP contribution in [0.2, 0.25) is 0 Å². The van der Waals surface area contributed by atoms with Crippen LogP contribution in [0, 0.1) is 11.6 Å². The third-order valence-corrected chi connectivity index (χ3v) is 6.07. The van der Waals surface area contributed by atoms with Crippen molar-refractivity contribution in [1.82, 2.24) is 4.98 Å². The van der Waals surface area contributed by atoms with Crippen molar-refractivity contribution in [3.63, 3.8) is 0 Å². The number of methoxy groups -OCH3 is 1. The molecule has 1 aliphatic carbocycles.